The van der Waals surface area contributed by atoms with Gasteiger partial charge in [0.25, 0.3) is 5.69 Å². The number of rotatable bonds is 7. The fourth-order valence-electron chi connectivity index (χ4n) is 2.31. The summed E-state index contributed by atoms with van der Waals surface area (Å²) >= 11 is 1.19. The quantitative estimate of drug-likeness (QED) is 0.283. The molecular weight excluding hydrogens is 380 g/mol. The van der Waals surface area contributed by atoms with Gasteiger partial charge in [-0.2, -0.15) is 8.78 Å². The molecule has 0 saturated carbocycles. The maximum atomic E-state index is 12.2. The van der Waals surface area contributed by atoms with Crippen LogP contribution in [-0.2, 0) is 5.75 Å². The number of hydrogen-bond acceptors (Lipinski definition) is 7. The number of nitro groups is 1. The normalized spacial score (nSPS) is 10.9. The van der Waals surface area contributed by atoms with E-state index in [1.54, 1.807) is 18.2 Å². The van der Waals surface area contributed by atoms with Crippen molar-refractivity contribution in [2.24, 2.45) is 0 Å². The summed E-state index contributed by atoms with van der Waals surface area (Å²) in [4.78, 5) is 10.6. The second-order valence-electron chi connectivity index (χ2n) is 5.25. The molecule has 140 valence electrons. The lowest BCUT2D eigenvalue weighted by Gasteiger charge is -2.06. The van der Waals surface area contributed by atoms with Gasteiger partial charge in [0.2, 0.25) is 5.16 Å². The van der Waals surface area contributed by atoms with Crippen molar-refractivity contribution < 1.29 is 18.4 Å². The Balaban J connectivity index is 1.75. The van der Waals surface area contributed by atoms with Gasteiger partial charge in [-0.15, -0.1) is 10.2 Å². The fourth-order valence-corrected chi connectivity index (χ4v) is 3.16. The molecular formula is C16H13F2N5O3S. The zero-order valence-corrected chi connectivity index (χ0v) is 14.5. The van der Waals surface area contributed by atoms with Crippen molar-refractivity contribution >= 4 is 17.4 Å². The number of thioether (sulfide) groups is 1. The summed E-state index contributed by atoms with van der Waals surface area (Å²) in [6.45, 7) is -2.90. The number of nitrogens with zero attached hydrogens (tertiary/aromatic N) is 4. The molecule has 0 aliphatic rings. The second kappa shape index (κ2) is 7.99. The van der Waals surface area contributed by atoms with E-state index in [0.29, 0.717) is 22.1 Å². The molecule has 0 bridgehead atoms. The van der Waals surface area contributed by atoms with Gasteiger partial charge < -0.3 is 10.6 Å². The zero-order valence-electron chi connectivity index (χ0n) is 13.7. The molecule has 8 nitrogen and oxygen atoms in total. The molecule has 2 aromatic carbocycles. The lowest BCUT2D eigenvalue weighted by molar-refractivity contribution is -0.385. The standard InChI is InChI=1S/C16H13F2N5O3S/c17-15(18)26-12-7-5-10(6-8-12)14-20-21-16(22(14)19)27-9-11-3-1-2-4-13(11)23(24)25/h1-8,15H,9,19H2. The number of halogens is 2. The molecule has 0 aliphatic heterocycles. The van der Waals surface area contributed by atoms with Crippen LogP contribution in [0.5, 0.6) is 5.75 Å². The SMILES string of the molecule is Nn1c(SCc2ccccc2[N+](=O)[O-])nnc1-c1ccc(OC(F)F)cc1. The number of nitro benzene ring substituents is 1. The van der Waals surface area contributed by atoms with Crippen LogP contribution in [0.4, 0.5) is 14.5 Å². The number of alkyl halides is 2. The topological polar surface area (TPSA) is 109 Å². The van der Waals surface area contributed by atoms with Gasteiger partial charge >= 0.3 is 6.61 Å². The summed E-state index contributed by atoms with van der Waals surface area (Å²) in [6, 6.07) is 12.2. The number of aromatic nitrogens is 3. The first-order valence-electron chi connectivity index (χ1n) is 7.56. The summed E-state index contributed by atoms with van der Waals surface area (Å²) in [5.74, 6) is 6.63. The van der Waals surface area contributed by atoms with E-state index in [2.05, 4.69) is 14.9 Å². The number of nitrogens with two attached hydrogens (primary N) is 1. The van der Waals surface area contributed by atoms with Gasteiger partial charge in [0.1, 0.15) is 5.75 Å². The average molecular weight is 393 g/mol. The summed E-state index contributed by atoms with van der Waals surface area (Å²) < 4.78 is 29.9. The maximum Gasteiger partial charge on any atom is 0.387 e. The number of hydrogen-bond donors (Lipinski definition) is 1. The lowest BCUT2D eigenvalue weighted by Crippen LogP contribution is -2.11. The molecule has 0 unspecified atom stereocenters. The second-order valence-corrected chi connectivity index (χ2v) is 6.20. The smallest absolute Gasteiger partial charge is 0.387 e. The number of benzene rings is 2. The highest BCUT2D eigenvalue weighted by Gasteiger charge is 2.16. The summed E-state index contributed by atoms with van der Waals surface area (Å²) in [5.41, 5.74) is 1.11. The van der Waals surface area contributed by atoms with E-state index >= 15 is 0 Å². The average Bonchev–Trinajstić information content (AvgIpc) is 3.01. The van der Waals surface area contributed by atoms with E-state index in [9.17, 15) is 18.9 Å². The predicted octanol–water partition coefficient (Wildman–Crippen LogP) is 3.46. The monoisotopic (exact) mass is 393 g/mol. The third kappa shape index (κ3) is 4.31. The van der Waals surface area contributed by atoms with Gasteiger partial charge in [0.05, 0.1) is 4.92 Å². The Morgan fingerprint density at radius 3 is 2.56 bits per heavy atom. The van der Waals surface area contributed by atoms with Crippen LogP contribution in [0.15, 0.2) is 53.7 Å². The molecule has 2 N–H and O–H groups in total. The first kappa shape index (κ1) is 18.6. The third-order valence-electron chi connectivity index (χ3n) is 3.55. The third-order valence-corrected chi connectivity index (χ3v) is 4.54. The van der Waals surface area contributed by atoms with Gasteiger partial charge in [-0.05, 0) is 24.3 Å². The molecule has 0 saturated heterocycles. The minimum atomic E-state index is -2.90. The minimum Gasteiger partial charge on any atom is -0.435 e. The maximum absolute atomic E-state index is 12.2. The number of para-hydroxylation sites is 1. The molecule has 0 amide bonds. The highest BCUT2D eigenvalue weighted by atomic mass is 32.2. The molecule has 0 atom stereocenters. The van der Waals surface area contributed by atoms with Crippen LogP contribution in [0.25, 0.3) is 11.4 Å². The van der Waals surface area contributed by atoms with E-state index in [-0.39, 0.29) is 17.2 Å². The van der Waals surface area contributed by atoms with Crippen molar-refractivity contribution in [2.45, 2.75) is 17.5 Å². The van der Waals surface area contributed by atoms with Crippen LogP contribution in [0.3, 0.4) is 0 Å². The number of ether oxygens (including phenoxy) is 1. The van der Waals surface area contributed by atoms with Crippen molar-refractivity contribution in [3.8, 4) is 17.1 Å². The lowest BCUT2D eigenvalue weighted by atomic mass is 10.2. The Labute approximate surface area is 156 Å². The van der Waals surface area contributed by atoms with Gasteiger partial charge in [0.15, 0.2) is 5.82 Å². The predicted molar refractivity (Wildman–Crippen MR) is 94.9 cm³/mol. The summed E-state index contributed by atoms with van der Waals surface area (Å²) in [6.07, 6.45) is 0. The first-order valence-corrected chi connectivity index (χ1v) is 8.55. The molecule has 11 heteroatoms. The molecule has 1 heterocycles. The zero-order chi connectivity index (χ0) is 19.4. The van der Waals surface area contributed by atoms with Crippen molar-refractivity contribution in [3.63, 3.8) is 0 Å². The van der Waals surface area contributed by atoms with Gasteiger partial charge in [-0.1, -0.05) is 30.0 Å². The molecule has 0 aliphatic carbocycles. The molecule has 0 fully saturated rings. The van der Waals surface area contributed by atoms with E-state index in [1.165, 1.54) is 46.8 Å². The largest absolute Gasteiger partial charge is 0.435 e. The van der Waals surface area contributed by atoms with Crippen molar-refractivity contribution in [1.82, 2.24) is 14.9 Å². The Morgan fingerprint density at radius 1 is 1.19 bits per heavy atom. The van der Waals surface area contributed by atoms with E-state index in [0.717, 1.165) is 0 Å². The van der Waals surface area contributed by atoms with Crippen molar-refractivity contribution in [2.75, 3.05) is 5.84 Å². The molecule has 1 aromatic heterocycles. The van der Waals surface area contributed by atoms with E-state index < -0.39 is 11.5 Å². The molecule has 3 rings (SSSR count). The van der Waals surface area contributed by atoms with Gasteiger partial charge in [0, 0.05) is 22.9 Å². The Kier molecular flexibility index (Phi) is 5.50. The van der Waals surface area contributed by atoms with Crippen LogP contribution < -0.4 is 10.6 Å². The Bertz CT molecular complexity index is 949. The van der Waals surface area contributed by atoms with Crippen LogP contribution in [0.2, 0.25) is 0 Å². The van der Waals surface area contributed by atoms with Crippen LogP contribution in [0, 0.1) is 10.1 Å². The van der Waals surface area contributed by atoms with Crippen LogP contribution in [0.1, 0.15) is 5.56 Å². The van der Waals surface area contributed by atoms with Crippen molar-refractivity contribution in [3.05, 3.63) is 64.2 Å². The summed E-state index contributed by atoms with van der Waals surface area (Å²) in [7, 11) is 0. The molecule has 27 heavy (non-hydrogen) atoms. The molecule has 0 radical (unpaired) electrons. The van der Waals surface area contributed by atoms with Gasteiger partial charge in [-0.25, -0.2) is 4.68 Å². The van der Waals surface area contributed by atoms with Crippen molar-refractivity contribution in [1.29, 1.82) is 0 Å². The fraction of sp³-hybridized carbons (Fsp3) is 0.125. The Hall–Kier alpha value is -3.21. The van der Waals surface area contributed by atoms with Gasteiger partial charge in [-0.3, -0.25) is 10.1 Å². The highest BCUT2D eigenvalue weighted by Crippen LogP contribution is 2.28. The van der Waals surface area contributed by atoms with Crippen LogP contribution >= 0.6 is 11.8 Å². The first-order chi connectivity index (χ1) is 13.0. The molecule has 0 spiro atoms. The van der Waals surface area contributed by atoms with E-state index in [1.807, 2.05) is 0 Å². The Morgan fingerprint density at radius 2 is 1.89 bits per heavy atom. The van der Waals surface area contributed by atoms with E-state index in [4.69, 9.17) is 5.84 Å². The summed E-state index contributed by atoms with van der Waals surface area (Å²) in [5, 5.41) is 19.4. The van der Waals surface area contributed by atoms with Crippen LogP contribution in [-0.4, -0.2) is 26.4 Å². The minimum absolute atomic E-state index is 0.0165. The molecule has 3 aromatic rings. The highest BCUT2D eigenvalue weighted by molar-refractivity contribution is 7.98. The number of nitrogen functional groups attached to an aromatic ring is 1.